The monoisotopic (exact) mass is 445 g/mol. The average molecular weight is 446 g/mol. The minimum Gasteiger partial charge on any atom is -0.372 e. The maximum Gasteiger partial charge on any atom is 0.242 e. The minimum absolute atomic E-state index is 0.0461. The molecule has 3 heterocycles. The first kappa shape index (κ1) is 20.7. The zero-order valence-electron chi connectivity index (χ0n) is 18.3. The number of benzene rings is 2. The van der Waals surface area contributed by atoms with E-state index in [0.29, 0.717) is 6.54 Å². The molecular formula is C25H27N5OS. The molecule has 0 N–H and O–H groups in total. The average Bonchev–Trinajstić information content (AvgIpc) is 3.48. The molecule has 1 aliphatic heterocycles. The molecule has 1 saturated heterocycles. The van der Waals surface area contributed by atoms with Gasteiger partial charge in [-0.1, -0.05) is 24.3 Å². The van der Waals surface area contributed by atoms with Crippen LogP contribution in [0, 0.1) is 0 Å². The molecule has 5 rings (SSSR count). The summed E-state index contributed by atoms with van der Waals surface area (Å²) in [6.45, 7) is 3.09. The van der Waals surface area contributed by atoms with Crippen LogP contribution >= 0.6 is 11.3 Å². The van der Waals surface area contributed by atoms with Crippen LogP contribution in [0.3, 0.4) is 0 Å². The van der Waals surface area contributed by atoms with Crippen LogP contribution in [0.25, 0.3) is 22.6 Å². The van der Waals surface area contributed by atoms with Crippen LogP contribution in [0.15, 0.2) is 59.4 Å². The van der Waals surface area contributed by atoms with Crippen LogP contribution < -0.4 is 4.90 Å². The van der Waals surface area contributed by atoms with Crippen molar-refractivity contribution in [3.05, 3.63) is 65.0 Å². The SMILES string of the molecule is CN(Cc1ccc(N2CCCCC2)cc1)C(=O)Cn1c(-c2cscn2)nc2ccccc21. The van der Waals surface area contributed by atoms with Gasteiger partial charge in [0.15, 0.2) is 5.82 Å². The molecule has 2 aromatic heterocycles. The Morgan fingerprint density at radius 2 is 1.84 bits per heavy atom. The van der Waals surface area contributed by atoms with Crippen LogP contribution in [-0.4, -0.2) is 45.5 Å². The number of amides is 1. The van der Waals surface area contributed by atoms with E-state index in [9.17, 15) is 4.79 Å². The number of likely N-dealkylation sites (N-methyl/N-ethyl adjacent to an activating group) is 1. The fraction of sp³-hybridized carbons (Fsp3) is 0.320. The van der Waals surface area contributed by atoms with Crippen LogP contribution in [0.2, 0.25) is 0 Å². The highest BCUT2D eigenvalue weighted by Crippen LogP contribution is 2.25. The molecule has 4 aromatic rings. The number of anilines is 1. The Hall–Kier alpha value is -3.19. The molecule has 0 radical (unpaired) electrons. The summed E-state index contributed by atoms with van der Waals surface area (Å²) in [4.78, 5) is 26.5. The van der Waals surface area contributed by atoms with Gasteiger partial charge in [-0.15, -0.1) is 11.3 Å². The second-order valence-electron chi connectivity index (χ2n) is 8.35. The number of fused-ring (bicyclic) bond motifs is 1. The van der Waals surface area contributed by atoms with Gasteiger partial charge in [0.05, 0.1) is 16.5 Å². The number of rotatable bonds is 6. The third-order valence-corrected chi connectivity index (χ3v) is 6.70. The van der Waals surface area contributed by atoms with Gasteiger partial charge in [-0.2, -0.15) is 0 Å². The van der Waals surface area contributed by atoms with Gasteiger partial charge < -0.3 is 14.4 Å². The van der Waals surface area contributed by atoms with Gasteiger partial charge in [0, 0.05) is 37.7 Å². The molecule has 32 heavy (non-hydrogen) atoms. The van der Waals surface area contributed by atoms with Crippen molar-refractivity contribution in [1.29, 1.82) is 0 Å². The minimum atomic E-state index is 0.0461. The Morgan fingerprint density at radius 3 is 2.59 bits per heavy atom. The topological polar surface area (TPSA) is 54.3 Å². The number of carbonyl (C=O) groups excluding carboxylic acids is 1. The lowest BCUT2D eigenvalue weighted by Crippen LogP contribution is -2.30. The predicted octanol–water partition coefficient (Wildman–Crippen LogP) is 4.81. The molecule has 0 bridgehead atoms. The molecule has 2 aromatic carbocycles. The van der Waals surface area contributed by atoms with Gasteiger partial charge >= 0.3 is 0 Å². The number of thiazole rings is 1. The summed E-state index contributed by atoms with van der Waals surface area (Å²) in [5.74, 6) is 0.782. The van der Waals surface area contributed by atoms with Gasteiger partial charge in [-0.3, -0.25) is 4.79 Å². The molecule has 1 fully saturated rings. The molecule has 0 spiro atoms. The normalized spacial score (nSPS) is 14.1. The third-order valence-electron chi connectivity index (χ3n) is 6.11. The van der Waals surface area contributed by atoms with Crippen LogP contribution in [0.1, 0.15) is 24.8 Å². The Bertz CT molecular complexity index is 1190. The van der Waals surface area contributed by atoms with Crippen molar-refractivity contribution in [3.63, 3.8) is 0 Å². The summed E-state index contributed by atoms with van der Waals surface area (Å²) in [6.07, 6.45) is 3.87. The Morgan fingerprint density at radius 1 is 1.06 bits per heavy atom. The van der Waals surface area contributed by atoms with E-state index in [1.54, 1.807) is 10.4 Å². The zero-order valence-corrected chi connectivity index (χ0v) is 19.1. The van der Waals surface area contributed by atoms with E-state index in [1.807, 2.05) is 41.3 Å². The van der Waals surface area contributed by atoms with Crippen LogP contribution in [0.4, 0.5) is 5.69 Å². The van der Waals surface area contributed by atoms with Crippen molar-refractivity contribution in [2.45, 2.75) is 32.4 Å². The highest BCUT2D eigenvalue weighted by atomic mass is 32.1. The smallest absolute Gasteiger partial charge is 0.242 e. The lowest BCUT2D eigenvalue weighted by Gasteiger charge is -2.29. The second-order valence-corrected chi connectivity index (χ2v) is 9.07. The van der Waals surface area contributed by atoms with Gasteiger partial charge in [0.1, 0.15) is 12.2 Å². The first-order valence-electron chi connectivity index (χ1n) is 11.1. The first-order valence-corrected chi connectivity index (χ1v) is 12.0. The van der Waals surface area contributed by atoms with Gasteiger partial charge in [0.2, 0.25) is 5.91 Å². The number of imidazole rings is 1. The summed E-state index contributed by atoms with van der Waals surface area (Å²) >= 11 is 1.53. The summed E-state index contributed by atoms with van der Waals surface area (Å²) in [5, 5.41) is 1.97. The van der Waals surface area contributed by atoms with Gasteiger partial charge in [0.25, 0.3) is 0 Å². The Kier molecular flexibility index (Phi) is 5.90. The molecular weight excluding hydrogens is 418 g/mol. The van der Waals surface area contributed by atoms with E-state index in [-0.39, 0.29) is 12.5 Å². The van der Waals surface area contributed by atoms with E-state index >= 15 is 0 Å². The largest absolute Gasteiger partial charge is 0.372 e. The summed E-state index contributed by atoms with van der Waals surface area (Å²) in [6, 6.07) is 16.6. The fourth-order valence-electron chi connectivity index (χ4n) is 4.34. The van der Waals surface area contributed by atoms with Gasteiger partial charge in [-0.05, 0) is 49.1 Å². The number of hydrogen-bond acceptors (Lipinski definition) is 5. The zero-order chi connectivity index (χ0) is 21.9. The van der Waals surface area contributed by atoms with Gasteiger partial charge in [-0.25, -0.2) is 9.97 Å². The predicted molar refractivity (Wildman–Crippen MR) is 130 cm³/mol. The van der Waals surface area contributed by atoms with E-state index < -0.39 is 0 Å². The first-order chi connectivity index (χ1) is 15.7. The van der Waals surface area contributed by atoms with Crippen molar-refractivity contribution >= 4 is 34.0 Å². The van der Waals surface area contributed by atoms with Crippen molar-refractivity contribution in [2.75, 3.05) is 25.0 Å². The number of aromatic nitrogens is 3. The van der Waals surface area contributed by atoms with E-state index in [2.05, 4.69) is 34.1 Å². The second kappa shape index (κ2) is 9.12. The summed E-state index contributed by atoms with van der Waals surface area (Å²) in [7, 11) is 1.86. The molecule has 0 atom stereocenters. The maximum atomic E-state index is 13.1. The molecule has 164 valence electrons. The Labute approximate surface area is 192 Å². The van der Waals surface area contributed by atoms with E-state index in [4.69, 9.17) is 4.98 Å². The molecule has 6 nitrogen and oxygen atoms in total. The standard InChI is InChI=1S/C25H27N5OS/c1-28(15-19-9-11-20(12-10-19)29-13-5-2-6-14-29)24(31)16-30-23-8-4-3-7-21(23)27-25(30)22-17-32-18-26-22/h3-4,7-12,17-18H,2,5-6,13-16H2,1H3. The molecule has 1 aliphatic rings. The highest BCUT2D eigenvalue weighted by molar-refractivity contribution is 7.07. The highest BCUT2D eigenvalue weighted by Gasteiger charge is 2.18. The van der Waals surface area contributed by atoms with Crippen molar-refractivity contribution in [2.24, 2.45) is 0 Å². The number of para-hydroxylation sites is 2. The third kappa shape index (κ3) is 4.25. The molecule has 0 saturated carbocycles. The summed E-state index contributed by atoms with van der Waals surface area (Å²) in [5.41, 5.74) is 6.83. The van der Waals surface area contributed by atoms with Crippen molar-refractivity contribution in [3.8, 4) is 11.5 Å². The fourth-order valence-corrected chi connectivity index (χ4v) is 4.87. The maximum absolute atomic E-state index is 13.1. The lowest BCUT2D eigenvalue weighted by atomic mass is 10.1. The van der Waals surface area contributed by atoms with Crippen LogP contribution in [-0.2, 0) is 17.9 Å². The number of carbonyl (C=O) groups is 1. The number of hydrogen-bond donors (Lipinski definition) is 0. The van der Waals surface area contributed by atoms with Crippen molar-refractivity contribution < 1.29 is 4.79 Å². The lowest BCUT2D eigenvalue weighted by molar-refractivity contribution is -0.130. The quantitative estimate of drug-likeness (QED) is 0.427. The Balaban J connectivity index is 1.31. The molecule has 0 unspecified atom stereocenters. The number of piperidine rings is 1. The van der Waals surface area contributed by atoms with Crippen molar-refractivity contribution in [1.82, 2.24) is 19.4 Å². The van der Waals surface area contributed by atoms with Crippen LogP contribution in [0.5, 0.6) is 0 Å². The number of nitrogens with zero attached hydrogens (tertiary/aromatic N) is 5. The van der Waals surface area contributed by atoms with E-state index in [0.717, 1.165) is 41.2 Å². The molecule has 7 heteroatoms. The molecule has 1 amide bonds. The molecule has 0 aliphatic carbocycles. The summed E-state index contributed by atoms with van der Waals surface area (Å²) < 4.78 is 1.97. The van der Waals surface area contributed by atoms with E-state index in [1.165, 1.54) is 36.3 Å².